The first kappa shape index (κ1) is 48.1. The molecule has 0 radical (unpaired) electrons. The van der Waals surface area contributed by atoms with Crippen LogP contribution in [0.4, 0.5) is 44.2 Å². The molecule has 0 aliphatic carbocycles. The summed E-state index contributed by atoms with van der Waals surface area (Å²) < 4.78 is 0. The summed E-state index contributed by atoms with van der Waals surface area (Å²) in [4.78, 5) is 74.4. The number of pyridine rings is 4. The molecular weight excluding hydrogens is 823 g/mol. The fourth-order valence-corrected chi connectivity index (χ4v) is 7.01. The van der Waals surface area contributed by atoms with Crippen LogP contribution >= 0.6 is 27.0 Å². The molecule has 0 saturated carbocycles. The maximum atomic E-state index is 13.1. The number of amides is 4. The van der Waals surface area contributed by atoms with E-state index in [9.17, 15) is 29.4 Å². The van der Waals surface area contributed by atoms with E-state index in [1.807, 2.05) is 26.0 Å². The number of nitrogens with two attached hydrogens (primary N) is 1. The molecule has 0 unspecified atom stereocenters. The van der Waals surface area contributed by atoms with E-state index in [1.165, 1.54) is 6.07 Å². The highest BCUT2D eigenvalue weighted by molar-refractivity contribution is 7.59. The van der Waals surface area contributed by atoms with Crippen LogP contribution in [0.5, 0.6) is 0 Å². The summed E-state index contributed by atoms with van der Waals surface area (Å²) in [7, 11) is 0. The third-order valence-electron chi connectivity index (χ3n) is 10.1. The number of carbonyl (C=O) groups is 4. The zero-order valence-corrected chi connectivity index (χ0v) is 36.6. The Balaban J connectivity index is 0.000000233. The van der Waals surface area contributed by atoms with Gasteiger partial charge in [0, 0.05) is 57.1 Å². The Morgan fingerprint density at radius 2 is 1.15 bits per heavy atom. The summed E-state index contributed by atoms with van der Waals surface area (Å²) in [6.07, 6.45) is 5.05. The molecule has 2 atom stereocenters. The second-order valence-electron chi connectivity index (χ2n) is 16.3. The van der Waals surface area contributed by atoms with Gasteiger partial charge in [-0.1, -0.05) is 26.0 Å². The van der Waals surface area contributed by atoms with Gasteiger partial charge in [0.05, 0.1) is 30.1 Å². The predicted octanol–water partition coefficient (Wildman–Crippen LogP) is 4.45. The minimum atomic E-state index is -1.11. The number of hydrogen-bond acceptors (Lipinski definition) is 13. The molecule has 8 rings (SSSR count). The number of aliphatic hydroxyl groups excluding tert-OH is 2. The van der Waals surface area contributed by atoms with Gasteiger partial charge in [0.15, 0.2) is 23.1 Å². The Morgan fingerprint density at radius 3 is 1.54 bits per heavy atom. The van der Waals surface area contributed by atoms with Crippen LogP contribution in [-0.2, 0) is 0 Å². The second kappa shape index (κ2) is 20.3. The van der Waals surface area contributed by atoms with Gasteiger partial charge < -0.3 is 30.9 Å². The van der Waals surface area contributed by atoms with Crippen molar-refractivity contribution < 1.29 is 34.5 Å². The topological polar surface area (TPSA) is 244 Å². The summed E-state index contributed by atoms with van der Waals surface area (Å²) in [6.45, 7) is 10.3. The normalized spacial score (nSPS) is 16.8. The number of hydrogen-bond donors (Lipinski definition) is 6. The smallest absolute Gasteiger partial charge is 0.354 e. The van der Waals surface area contributed by atoms with Crippen molar-refractivity contribution in [3.05, 3.63) is 84.4 Å². The SMILES string of the molecule is CC(C)(CO)CC(=O)c1ccc2c(n1)N(C(=O)Nc1ccccn1)[C@H]1CCN2C1.CC(C)(N)CO.O=C(O)c1ccc2c(n1)N(C(=O)Nc1ccccn1)[C@H]1CCN2C1.S.S. The maximum Gasteiger partial charge on any atom is 0.354 e. The Morgan fingerprint density at radius 1 is 0.705 bits per heavy atom. The van der Waals surface area contributed by atoms with E-state index in [1.54, 1.807) is 78.5 Å². The number of carbonyl (C=O) groups excluding carboxylic acids is 3. The second-order valence-corrected chi connectivity index (χ2v) is 16.3. The van der Waals surface area contributed by atoms with Crippen molar-refractivity contribution in [1.29, 1.82) is 0 Å². The number of ketones is 1. The number of nitrogens with one attached hydrogen (secondary N) is 2. The molecular formula is C41H55N11O7S2. The number of aromatic nitrogens is 4. The van der Waals surface area contributed by atoms with Crippen molar-refractivity contribution >= 4 is 85.5 Å². The zero-order chi connectivity index (χ0) is 42.5. The average molecular weight is 878 g/mol. The third-order valence-corrected chi connectivity index (χ3v) is 10.1. The van der Waals surface area contributed by atoms with Gasteiger partial charge in [-0.25, -0.2) is 34.3 Å². The van der Waals surface area contributed by atoms with Crippen molar-refractivity contribution in [2.45, 2.75) is 64.6 Å². The Kier molecular flexibility index (Phi) is 16.1. The van der Waals surface area contributed by atoms with E-state index < -0.39 is 16.9 Å². The lowest BCUT2D eigenvalue weighted by atomic mass is 9.87. The largest absolute Gasteiger partial charge is 0.477 e. The molecule has 7 N–H and O–H groups in total. The standard InChI is InChI=1S/C21H25N5O3.C16H15N5O3.C4H11NO.2H2S/c1-21(2,13-27)11-17(28)15-6-7-16-19(23-15)26(14-8-10-25(16)12-14)20(29)24-18-5-3-4-9-22-18;22-15(23)11-4-5-12-14(18-11)21(10-6-8-20(12)9-10)16(24)19-13-3-1-2-7-17-13;1-4(2,5)3-6;;/h3-7,9,14,27H,8,10-13H2,1-2H3,(H,22,24,29);1-5,7,10H,6,8-9H2,(H,22,23)(H,17,19,24);6H,3,5H2,1-2H3;2*1H2/t14-;10-;;;/m00.../s1. The molecule has 4 aliphatic rings. The van der Waals surface area contributed by atoms with E-state index in [4.69, 9.17) is 10.8 Å². The number of nitrogens with zero attached hydrogens (tertiary/aromatic N) is 8. The minimum Gasteiger partial charge on any atom is -0.477 e. The van der Waals surface area contributed by atoms with Gasteiger partial charge in [0.2, 0.25) is 0 Å². The van der Waals surface area contributed by atoms with E-state index in [0.717, 1.165) is 50.4 Å². The maximum absolute atomic E-state index is 13.1. The van der Waals surface area contributed by atoms with Gasteiger partial charge in [-0.3, -0.25) is 25.2 Å². The highest BCUT2D eigenvalue weighted by Gasteiger charge is 2.42. The Labute approximate surface area is 368 Å². The van der Waals surface area contributed by atoms with Crippen LogP contribution in [-0.4, -0.2) is 116 Å². The van der Waals surface area contributed by atoms with Crippen molar-refractivity contribution in [2.24, 2.45) is 11.1 Å². The van der Waals surface area contributed by atoms with Crippen molar-refractivity contribution in [1.82, 2.24) is 19.9 Å². The first-order chi connectivity index (χ1) is 28.1. The number of carboxylic acids is 1. The number of Topliss-reactive ketones (excluding diaryl/α,β-unsaturated/α-hetero) is 1. The molecule has 18 nitrogen and oxygen atoms in total. The van der Waals surface area contributed by atoms with Gasteiger partial charge in [0.1, 0.15) is 17.3 Å². The molecule has 4 aliphatic heterocycles. The van der Waals surface area contributed by atoms with Crippen LogP contribution in [0.3, 0.4) is 0 Å². The van der Waals surface area contributed by atoms with Crippen LogP contribution < -0.4 is 36.0 Å². The van der Waals surface area contributed by atoms with E-state index >= 15 is 0 Å². The molecule has 0 aromatic carbocycles. The molecule has 328 valence electrons. The van der Waals surface area contributed by atoms with Crippen LogP contribution in [0.15, 0.2) is 73.1 Å². The molecule has 4 aromatic heterocycles. The minimum absolute atomic E-state index is 0. The summed E-state index contributed by atoms with van der Waals surface area (Å²) in [6, 6.07) is 16.6. The fourth-order valence-electron chi connectivity index (χ4n) is 7.01. The van der Waals surface area contributed by atoms with E-state index in [-0.39, 0.29) is 82.2 Å². The number of fused-ring (bicyclic) bond motifs is 8. The average Bonchev–Trinajstić information content (AvgIpc) is 3.83. The number of rotatable bonds is 8. The van der Waals surface area contributed by atoms with E-state index in [0.29, 0.717) is 29.0 Å². The lowest BCUT2D eigenvalue weighted by Gasteiger charge is -2.35. The summed E-state index contributed by atoms with van der Waals surface area (Å²) in [5.41, 5.74) is 6.23. The highest BCUT2D eigenvalue weighted by Crippen LogP contribution is 2.40. The van der Waals surface area contributed by atoms with Gasteiger partial charge >= 0.3 is 18.0 Å². The van der Waals surface area contributed by atoms with Crippen molar-refractivity contribution in [3.8, 4) is 0 Å². The van der Waals surface area contributed by atoms with Crippen LogP contribution in [0.1, 0.15) is 67.9 Å². The predicted molar refractivity (Wildman–Crippen MR) is 244 cm³/mol. The Bertz CT molecular complexity index is 2160. The summed E-state index contributed by atoms with van der Waals surface area (Å²) in [5, 5.41) is 32.5. The highest BCUT2D eigenvalue weighted by atomic mass is 32.1. The fraction of sp³-hybridized carbons (Fsp3) is 0.415. The summed E-state index contributed by atoms with van der Waals surface area (Å²) in [5.74, 6) is 0.535. The van der Waals surface area contributed by atoms with Crippen LogP contribution in [0, 0.1) is 5.41 Å². The lowest BCUT2D eigenvalue weighted by Crippen LogP contribution is -2.48. The van der Waals surface area contributed by atoms with Crippen LogP contribution in [0.25, 0.3) is 0 Å². The van der Waals surface area contributed by atoms with Gasteiger partial charge in [-0.15, -0.1) is 0 Å². The third kappa shape index (κ3) is 11.6. The molecule has 0 spiro atoms. The van der Waals surface area contributed by atoms with Crippen molar-refractivity contribution in [3.63, 3.8) is 0 Å². The number of aromatic carboxylic acids is 1. The lowest BCUT2D eigenvalue weighted by molar-refractivity contribution is 0.0690. The van der Waals surface area contributed by atoms with Crippen LogP contribution in [0.2, 0.25) is 0 Å². The summed E-state index contributed by atoms with van der Waals surface area (Å²) >= 11 is 0. The number of anilines is 6. The Hall–Kier alpha value is -5.54. The molecule has 4 bridgehead atoms. The number of urea groups is 2. The molecule has 20 heteroatoms. The van der Waals surface area contributed by atoms with E-state index in [2.05, 4.69) is 40.4 Å². The zero-order valence-electron chi connectivity index (χ0n) is 34.6. The molecule has 4 aromatic rings. The molecule has 8 heterocycles. The molecule has 2 saturated heterocycles. The quantitative estimate of drug-likeness (QED) is 0.134. The number of aliphatic hydroxyl groups is 2. The monoisotopic (exact) mass is 877 g/mol. The van der Waals surface area contributed by atoms with Gasteiger partial charge in [0.25, 0.3) is 0 Å². The first-order valence-electron chi connectivity index (χ1n) is 19.4. The van der Waals surface area contributed by atoms with Gasteiger partial charge in [-0.2, -0.15) is 27.0 Å². The van der Waals surface area contributed by atoms with Gasteiger partial charge in [-0.05, 0) is 80.6 Å². The first-order valence-corrected chi connectivity index (χ1v) is 19.4. The number of carboxylic acid groups (broad SMARTS) is 1. The van der Waals surface area contributed by atoms with Crippen molar-refractivity contribution in [2.75, 3.05) is 69.6 Å². The molecule has 4 amide bonds. The molecule has 61 heavy (non-hydrogen) atoms. The molecule has 2 fully saturated rings.